The number of likely N-dealkylation sites (N-methyl/N-ethyl adjacent to an activating group) is 1. The summed E-state index contributed by atoms with van der Waals surface area (Å²) in [7, 11) is 4.15. The van der Waals surface area contributed by atoms with Crippen LogP contribution >= 0.6 is 0 Å². The van der Waals surface area contributed by atoms with Gasteiger partial charge in [0.15, 0.2) is 0 Å². The van der Waals surface area contributed by atoms with Crippen LogP contribution in [0.1, 0.15) is 40.5 Å². The first-order valence-corrected chi connectivity index (χ1v) is 7.92. The van der Waals surface area contributed by atoms with Gasteiger partial charge < -0.3 is 15.5 Å². The maximum Gasteiger partial charge on any atom is 0.226 e. The summed E-state index contributed by atoms with van der Waals surface area (Å²) in [5.41, 5.74) is -0.290. The van der Waals surface area contributed by atoms with Gasteiger partial charge in [0.2, 0.25) is 5.91 Å². The molecule has 2 N–H and O–H groups in total. The average molecular weight is 283 g/mol. The molecule has 0 aromatic carbocycles. The van der Waals surface area contributed by atoms with Crippen LogP contribution in [0.5, 0.6) is 0 Å². The lowest BCUT2D eigenvalue weighted by atomic mass is 9.74. The third-order valence-electron chi connectivity index (χ3n) is 4.81. The second kappa shape index (κ2) is 7.41. The SMILES string of the molecule is CC(C)C(CNC(=O)C(C)(C)C1CCCNC1)N(C)C. The van der Waals surface area contributed by atoms with Crippen LogP contribution in [0.4, 0.5) is 0 Å². The van der Waals surface area contributed by atoms with Crippen molar-refractivity contribution in [2.24, 2.45) is 17.3 Å². The molecule has 118 valence electrons. The fraction of sp³-hybridized carbons (Fsp3) is 0.938. The molecular formula is C16H33N3O. The van der Waals surface area contributed by atoms with Crippen molar-refractivity contribution in [3.63, 3.8) is 0 Å². The van der Waals surface area contributed by atoms with Gasteiger partial charge in [-0.1, -0.05) is 27.7 Å². The molecule has 1 heterocycles. The van der Waals surface area contributed by atoms with Crippen molar-refractivity contribution in [3.8, 4) is 0 Å². The van der Waals surface area contributed by atoms with Gasteiger partial charge in [-0.15, -0.1) is 0 Å². The van der Waals surface area contributed by atoms with Gasteiger partial charge in [0.1, 0.15) is 0 Å². The molecule has 0 aromatic heterocycles. The predicted octanol–water partition coefficient (Wildman–Crippen LogP) is 1.71. The Morgan fingerprint density at radius 1 is 1.40 bits per heavy atom. The Bertz CT molecular complexity index is 299. The highest BCUT2D eigenvalue weighted by atomic mass is 16.2. The summed E-state index contributed by atoms with van der Waals surface area (Å²) in [5, 5.41) is 6.58. The van der Waals surface area contributed by atoms with Gasteiger partial charge in [0.05, 0.1) is 0 Å². The van der Waals surface area contributed by atoms with E-state index in [1.807, 2.05) is 0 Å². The molecule has 1 amide bonds. The number of carbonyl (C=O) groups excluding carboxylic acids is 1. The molecule has 0 bridgehead atoms. The smallest absolute Gasteiger partial charge is 0.226 e. The summed E-state index contributed by atoms with van der Waals surface area (Å²) in [6.07, 6.45) is 2.32. The Hall–Kier alpha value is -0.610. The van der Waals surface area contributed by atoms with Gasteiger partial charge in [-0.25, -0.2) is 0 Å². The molecule has 4 nitrogen and oxygen atoms in total. The highest BCUT2D eigenvalue weighted by Crippen LogP contribution is 2.31. The van der Waals surface area contributed by atoms with Gasteiger partial charge in [0, 0.05) is 18.0 Å². The number of hydrogen-bond donors (Lipinski definition) is 2. The summed E-state index contributed by atoms with van der Waals surface area (Å²) < 4.78 is 0. The Kier molecular flexibility index (Phi) is 6.46. The average Bonchev–Trinajstić information content (AvgIpc) is 2.38. The Morgan fingerprint density at radius 3 is 2.50 bits per heavy atom. The standard InChI is InChI=1S/C16H33N3O/c1-12(2)14(19(5)6)11-18-15(20)16(3,4)13-8-7-9-17-10-13/h12-14,17H,7-11H2,1-6H3,(H,18,20). The molecule has 1 aliphatic heterocycles. The van der Waals surface area contributed by atoms with Crippen molar-refractivity contribution in [2.75, 3.05) is 33.7 Å². The van der Waals surface area contributed by atoms with Crippen LogP contribution in [-0.2, 0) is 4.79 Å². The van der Waals surface area contributed by atoms with Crippen molar-refractivity contribution in [1.82, 2.24) is 15.5 Å². The van der Waals surface area contributed by atoms with Crippen LogP contribution in [0, 0.1) is 17.3 Å². The Morgan fingerprint density at radius 2 is 2.05 bits per heavy atom. The topological polar surface area (TPSA) is 44.4 Å². The Balaban J connectivity index is 2.55. The summed E-state index contributed by atoms with van der Waals surface area (Å²) in [4.78, 5) is 14.8. The van der Waals surface area contributed by atoms with Crippen molar-refractivity contribution in [1.29, 1.82) is 0 Å². The molecule has 2 unspecified atom stereocenters. The number of nitrogens with one attached hydrogen (secondary N) is 2. The second-order valence-corrected chi connectivity index (χ2v) is 7.25. The zero-order valence-corrected chi connectivity index (χ0v) is 14.1. The van der Waals surface area contributed by atoms with Crippen molar-refractivity contribution in [2.45, 2.75) is 46.6 Å². The highest BCUT2D eigenvalue weighted by molar-refractivity contribution is 5.82. The largest absolute Gasteiger partial charge is 0.354 e. The van der Waals surface area contributed by atoms with E-state index < -0.39 is 0 Å². The third kappa shape index (κ3) is 4.45. The minimum Gasteiger partial charge on any atom is -0.354 e. The van der Waals surface area contributed by atoms with Gasteiger partial charge in [-0.05, 0) is 51.9 Å². The molecule has 0 saturated carbocycles. The first-order valence-electron chi connectivity index (χ1n) is 7.92. The van der Waals surface area contributed by atoms with E-state index in [2.05, 4.69) is 57.3 Å². The first-order chi connectivity index (χ1) is 9.26. The molecular weight excluding hydrogens is 250 g/mol. The van der Waals surface area contributed by atoms with Gasteiger partial charge in [-0.2, -0.15) is 0 Å². The van der Waals surface area contributed by atoms with Crippen LogP contribution < -0.4 is 10.6 Å². The zero-order chi connectivity index (χ0) is 15.3. The van der Waals surface area contributed by atoms with Crippen molar-refractivity contribution >= 4 is 5.91 Å². The number of piperidine rings is 1. The fourth-order valence-electron chi connectivity index (χ4n) is 3.09. The van der Waals surface area contributed by atoms with Gasteiger partial charge in [-0.3, -0.25) is 4.79 Å². The predicted molar refractivity (Wildman–Crippen MR) is 84.7 cm³/mol. The molecule has 0 aliphatic carbocycles. The fourth-order valence-corrected chi connectivity index (χ4v) is 3.09. The van der Waals surface area contributed by atoms with Crippen LogP contribution in [-0.4, -0.2) is 50.6 Å². The number of rotatable bonds is 6. The second-order valence-electron chi connectivity index (χ2n) is 7.25. The van der Waals surface area contributed by atoms with Crippen LogP contribution in [0.2, 0.25) is 0 Å². The van der Waals surface area contributed by atoms with E-state index in [4.69, 9.17) is 0 Å². The van der Waals surface area contributed by atoms with E-state index in [0.29, 0.717) is 17.9 Å². The molecule has 0 aromatic rings. The quantitative estimate of drug-likeness (QED) is 0.780. The normalized spacial score (nSPS) is 22.1. The van der Waals surface area contributed by atoms with E-state index in [-0.39, 0.29) is 11.3 Å². The molecule has 4 heteroatoms. The first kappa shape index (κ1) is 17.4. The molecule has 2 atom stereocenters. The monoisotopic (exact) mass is 283 g/mol. The minimum absolute atomic E-state index is 0.193. The molecule has 1 saturated heterocycles. The third-order valence-corrected chi connectivity index (χ3v) is 4.81. The lowest BCUT2D eigenvalue weighted by Gasteiger charge is -2.37. The molecule has 1 aliphatic rings. The van der Waals surface area contributed by atoms with E-state index in [9.17, 15) is 4.79 Å². The summed E-state index contributed by atoms with van der Waals surface area (Å²) in [6.45, 7) is 11.3. The number of hydrogen-bond acceptors (Lipinski definition) is 3. The maximum absolute atomic E-state index is 12.6. The summed E-state index contributed by atoms with van der Waals surface area (Å²) in [5.74, 6) is 1.16. The van der Waals surface area contributed by atoms with Gasteiger partial charge >= 0.3 is 0 Å². The minimum atomic E-state index is -0.290. The lowest BCUT2D eigenvalue weighted by molar-refractivity contribution is -0.132. The molecule has 1 rings (SSSR count). The highest BCUT2D eigenvalue weighted by Gasteiger charge is 2.37. The van der Waals surface area contributed by atoms with Crippen molar-refractivity contribution < 1.29 is 4.79 Å². The number of nitrogens with zero attached hydrogens (tertiary/aromatic N) is 1. The lowest BCUT2D eigenvalue weighted by Crippen LogP contribution is -2.50. The molecule has 20 heavy (non-hydrogen) atoms. The van der Waals surface area contributed by atoms with E-state index >= 15 is 0 Å². The number of amides is 1. The maximum atomic E-state index is 12.6. The van der Waals surface area contributed by atoms with Crippen molar-refractivity contribution in [3.05, 3.63) is 0 Å². The molecule has 1 fully saturated rings. The zero-order valence-electron chi connectivity index (χ0n) is 14.1. The van der Waals surface area contributed by atoms with E-state index in [1.54, 1.807) is 0 Å². The Labute approximate surface area is 124 Å². The summed E-state index contributed by atoms with van der Waals surface area (Å²) >= 11 is 0. The van der Waals surface area contributed by atoms with E-state index in [0.717, 1.165) is 26.1 Å². The van der Waals surface area contributed by atoms with E-state index in [1.165, 1.54) is 6.42 Å². The number of carbonyl (C=O) groups is 1. The summed E-state index contributed by atoms with van der Waals surface area (Å²) in [6, 6.07) is 0.388. The van der Waals surface area contributed by atoms with Crippen LogP contribution in [0.15, 0.2) is 0 Å². The van der Waals surface area contributed by atoms with Crippen LogP contribution in [0.25, 0.3) is 0 Å². The molecule has 0 spiro atoms. The van der Waals surface area contributed by atoms with Gasteiger partial charge in [0.25, 0.3) is 0 Å². The van der Waals surface area contributed by atoms with Crippen LogP contribution in [0.3, 0.4) is 0 Å². The molecule has 0 radical (unpaired) electrons.